The lowest BCUT2D eigenvalue weighted by Gasteiger charge is -2.22. The standard InChI is InChI=1S/C31H20Br3N3O2/c32-20-12-10-18(11-13-20)27-17-26(36-37(27)31(39)22-8-4-5-9-24(22)34)29-28(19-6-2-1-3-7-19)23-16-21(33)14-15-25(23)35-30(29)38/h1-16,27H,17H2,(H,35,38)/t27-/m1/s1. The minimum Gasteiger partial charge on any atom is -0.321 e. The summed E-state index contributed by atoms with van der Waals surface area (Å²) in [7, 11) is 0. The van der Waals surface area contributed by atoms with Gasteiger partial charge in [-0.25, -0.2) is 5.01 Å². The van der Waals surface area contributed by atoms with Gasteiger partial charge in [-0.05, 0) is 69.5 Å². The molecule has 0 aliphatic carbocycles. The van der Waals surface area contributed by atoms with Crippen LogP contribution in [0.1, 0.15) is 33.9 Å². The van der Waals surface area contributed by atoms with Gasteiger partial charge >= 0.3 is 0 Å². The Bertz CT molecular complexity index is 1820. The highest BCUT2D eigenvalue weighted by molar-refractivity contribution is 9.11. The van der Waals surface area contributed by atoms with Crippen LogP contribution in [0.3, 0.4) is 0 Å². The first-order valence-corrected chi connectivity index (χ1v) is 14.6. The van der Waals surface area contributed by atoms with E-state index in [4.69, 9.17) is 5.10 Å². The molecule has 1 N–H and O–H groups in total. The number of H-pyrrole nitrogens is 1. The number of aromatic nitrogens is 1. The molecule has 0 radical (unpaired) electrons. The summed E-state index contributed by atoms with van der Waals surface area (Å²) in [5.74, 6) is -0.244. The number of nitrogens with zero attached hydrogens (tertiary/aromatic N) is 2. The zero-order valence-corrected chi connectivity index (χ0v) is 25.1. The van der Waals surface area contributed by atoms with Crippen molar-refractivity contribution in [3.8, 4) is 11.1 Å². The molecule has 0 bridgehead atoms. The van der Waals surface area contributed by atoms with Crippen LogP contribution >= 0.6 is 47.8 Å². The molecule has 6 rings (SSSR count). The van der Waals surface area contributed by atoms with Gasteiger partial charge in [0.1, 0.15) is 0 Å². The smallest absolute Gasteiger partial charge is 0.275 e. The van der Waals surface area contributed by atoms with Gasteiger partial charge in [0.15, 0.2) is 0 Å². The normalized spacial score (nSPS) is 15.0. The third-order valence-electron chi connectivity index (χ3n) is 6.80. The van der Waals surface area contributed by atoms with Crippen molar-refractivity contribution in [3.63, 3.8) is 0 Å². The molecule has 39 heavy (non-hydrogen) atoms. The predicted octanol–water partition coefficient (Wildman–Crippen LogP) is 8.47. The van der Waals surface area contributed by atoms with Crippen LogP contribution in [0.25, 0.3) is 22.0 Å². The Balaban J connectivity index is 1.58. The van der Waals surface area contributed by atoms with Gasteiger partial charge in [0.2, 0.25) is 0 Å². The Morgan fingerprint density at radius 3 is 2.26 bits per heavy atom. The number of halogens is 3. The van der Waals surface area contributed by atoms with Crippen LogP contribution in [0, 0.1) is 0 Å². The van der Waals surface area contributed by atoms with Gasteiger partial charge in [-0.15, -0.1) is 0 Å². The maximum Gasteiger partial charge on any atom is 0.275 e. The van der Waals surface area contributed by atoms with E-state index in [-0.39, 0.29) is 17.5 Å². The molecule has 1 aliphatic rings. The Morgan fingerprint density at radius 1 is 0.821 bits per heavy atom. The Labute approximate surface area is 250 Å². The SMILES string of the molecule is O=C(c1ccccc1Br)N1N=C(c2c(-c3ccccc3)c3cc(Br)ccc3[nH]c2=O)C[C@@H]1c1ccc(Br)cc1. The first-order chi connectivity index (χ1) is 18.9. The lowest BCUT2D eigenvalue weighted by molar-refractivity contribution is 0.0710. The molecule has 0 unspecified atom stereocenters. The Hall–Kier alpha value is -3.33. The fraction of sp³-hybridized carbons (Fsp3) is 0.0645. The number of hydrogen-bond acceptors (Lipinski definition) is 3. The maximum atomic E-state index is 13.9. The third-order valence-corrected chi connectivity index (χ3v) is 8.52. The molecule has 0 fully saturated rings. The second kappa shape index (κ2) is 10.7. The summed E-state index contributed by atoms with van der Waals surface area (Å²) in [4.78, 5) is 30.6. The van der Waals surface area contributed by atoms with E-state index >= 15 is 0 Å². The van der Waals surface area contributed by atoms with Crippen molar-refractivity contribution in [2.75, 3.05) is 0 Å². The predicted molar refractivity (Wildman–Crippen MR) is 166 cm³/mol. The zero-order chi connectivity index (χ0) is 27.1. The van der Waals surface area contributed by atoms with Gasteiger partial charge < -0.3 is 4.98 Å². The summed E-state index contributed by atoms with van der Waals surface area (Å²) in [5, 5.41) is 7.27. The van der Waals surface area contributed by atoms with Crippen LogP contribution in [0.5, 0.6) is 0 Å². The molecule has 1 atom stereocenters. The van der Waals surface area contributed by atoms with Crippen molar-refractivity contribution >= 4 is 70.3 Å². The number of carbonyl (C=O) groups is 1. The Kier molecular flexibility index (Phi) is 7.10. The van der Waals surface area contributed by atoms with Crippen molar-refractivity contribution in [1.29, 1.82) is 0 Å². The molecule has 192 valence electrons. The minimum atomic E-state index is -0.381. The molecule has 1 aromatic heterocycles. The number of nitrogens with one attached hydrogen (secondary N) is 1. The highest BCUT2D eigenvalue weighted by Crippen LogP contribution is 2.38. The average molecular weight is 706 g/mol. The molecule has 1 aliphatic heterocycles. The maximum absolute atomic E-state index is 13.9. The van der Waals surface area contributed by atoms with Gasteiger partial charge in [-0.3, -0.25) is 9.59 Å². The second-order valence-electron chi connectivity index (χ2n) is 9.21. The molecule has 8 heteroatoms. The largest absolute Gasteiger partial charge is 0.321 e. The first kappa shape index (κ1) is 25.9. The number of aromatic amines is 1. The number of pyridine rings is 1. The van der Waals surface area contributed by atoms with E-state index in [0.717, 1.165) is 36.5 Å². The monoisotopic (exact) mass is 703 g/mol. The number of amides is 1. The van der Waals surface area contributed by atoms with Crippen molar-refractivity contribution in [1.82, 2.24) is 9.99 Å². The van der Waals surface area contributed by atoms with Crippen molar-refractivity contribution in [3.05, 3.63) is 138 Å². The first-order valence-electron chi connectivity index (χ1n) is 12.2. The summed E-state index contributed by atoms with van der Waals surface area (Å²) in [5.41, 5.74) is 4.64. The molecular formula is C31H20Br3N3O2. The number of hydrogen-bond donors (Lipinski definition) is 1. The summed E-state index contributed by atoms with van der Waals surface area (Å²) in [6.07, 6.45) is 0.389. The average Bonchev–Trinajstić information content (AvgIpc) is 3.38. The van der Waals surface area contributed by atoms with E-state index in [1.807, 2.05) is 91.0 Å². The molecule has 1 amide bonds. The molecule has 4 aromatic carbocycles. The van der Waals surface area contributed by atoms with Crippen LogP contribution in [0.15, 0.2) is 120 Å². The fourth-order valence-electron chi connectivity index (χ4n) is 5.00. The van der Waals surface area contributed by atoms with Crippen molar-refractivity contribution < 1.29 is 4.79 Å². The van der Waals surface area contributed by atoms with Gasteiger partial charge in [-0.1, -0.05) is 86.5 Å². The number of hydrazone groups is 1. The van der Waals surface area contributed by atoms with Gasteiger partial charge in [0.25, 0.3) is 11.5 Å². The second-order valence-corrected chi connectivity index (χ2v) is 11.9. The fourth-order valence-corrected chi connectivity index (χ4v) is 6.08. The van der Waals surface area contributed by atoms with Crippen LogP contribution in [0.4, 0.5) is 0 Å². The van der Waals surface area contributed by atoms with Gasteiger partial charge in [0.05, 0.1) is 22.9 Å². The summed E-state index contributed by atoms with van der Waals surface area (Å²) in [6.45, 7) is 0. The number of benzene rings is 4. The quantitative estimate of drug-likeness (QED) is 0.204. The van der Waals surface area contributed by atoms with Gasteiger partial charge in [-0.2, -0.15) is 5.10 Å². The lowest BCUT2D eigenvalue weighted by Crippen LogP contribution is -2.27. The molecule has 5 nitrogen and oxygen atoms in total. The molecule has 5 aromatic rings. The number of rotatable bonds is 4. The van der Waals surface area contributed by atoms with Gasteiger partial charge in [0, 0.05) is 36.3 Å². The van der Waals surface area contributed by atoms with Crippen LogP contribution < -0.4 is 5.56 Å². The van der Waals surface area contributed by atoms with Crippen LogP contribution in [-0.2, 0) is 0 Å². The summed E-state index contributed by atoms with van der Waals surface area (Å²) < 4.78 is 2.53. The zero-order valence-electron chi connectivity index (χ0n) is 20.4. The van der Waals surface area contributed by atoms with E-state index in [0.29, 0.717) is 27.7 Å². The van der Waals surface area contributed by atoms with Crippen LogP contribution in [0.2, 0.25) is 0 Å². The van der Waals surface area contributed by atoms with Crippen LogP contribution in [-0.4, -0.2) is 21.6 Å². The minimum absolute atomic E-state index is 0.243. The number of carbonyl (C=O) groups excluding carboxylic acids is 1. The molecule has 0 spiro atoms. The van der Waals surface area contributed by atoms with E-state index in [2.05, 4.69) is 52.8 Å². The summed E-state index contributed by atoms with van der Waals surface area (Å²) in [6, 6.07) is 30.4. The lowest BCUT2D eigenvalue weighted by atomic mass is 9.91. The van der Waals surface area contributed by atoms with E-state index in [1.54, 1.807) is 6.07 Å². The molecular weight excluding hydrogens is 686 g/mol. The molecule has 0 saturated carbocycles. The topological polar surface area (TPSA) is 65.5 Å². The van der Waals surface area contributed by atoms with Crippen molar-refractivity contribution in [2.24, 2.45) is 5.10 Å². The Morgan fingerprint density at radius 2 is 1.51 bits per heavy atom. The van der Waals surface area contributed by atoms with E-state index in [1.165, 1.54) is 5.01 Å². The summed E-state index contributed by atoms with van der Waals surface area (Å²) >= 11 is 10.6. The van der Waals surface area contributed by atoms with Crippen molar-refractivity contribution in [2.45, 2.75) is 12.5 Å². The highest BCUT2D eigenvalue weighted by atomic mass is 79.9. The number of fused-ring (bicyclic) bond motifs is 1. The third kappa shape index (κ3) is 4.93. The van der Waals surface area contributed by atoms with E-state index < -0.39 is 0 Å². The highest BCUT2D eigenvalue weighted by Gasteiger charge is 2.36. The molecule has 2 heterocycles. The molecule has 0 saturated heterocycles. The van der Waals surface area contributed by atoms with E-state index in [9.17, 15) is 9.59 Å².